The Morgan fingerprint density at radius 3 is 2.32 bits per heavy atom. The fourth-order valence-corrected chi connectivity index (χ4v) is 2.37. The smallest absolute Gasteiger partial charge is 0.251 e. The number of benzene rings is 2. The van der Waals surface area contributed by atoms with Gasteiger partial charge in [0.1, 0.15) is 0 Å². The van der Waals surface area contributed by atoms with E-state index in [0.717, 1.165) is 10.2 Å². The molecule has 0 unspecified atom stereocenters. The number of rotatable bonds is 5. The van der Waals surface area contributed by atoms with Gasteiger partial charge in [0.05, 0.1) is 6.54 Å². The molecule has 0 saturated carbocycles. The molecule has 5 nitrogen and oxygen atoms in total. The predicted octanol–water partition coefficient (Wildman–Crippen LogP) is 4.03. The molecule has 0 radical (unpaired) electrons. The third-order valence-electron chi connectivity index (χ3n) is 3.19. The number of hydrogen-bond acceptors (Lipinski definition) is 3. The second-order valence-corrected chi connectivity index (χ2v) is 7.61. The van der Waals surface area contributed by atoms with Gasteiger partial charge in [0.15, 0.2) is 0 Å². The second kappa shape index (κ2) is 8.16. The first-order chi connectivity index (χ1) is 11.7. The van der Waals surface area contributed by atoms with E-state index in [2.05, 4.69) is 31.9 Å². The van der Waals surface area contributed by atoms with E-state index in [1.807, 2.05) is 45.0 Å². The van der Waals surface area contributed by atoms with E-state index < -0.39 is 0 Å². The summed E-state index contributed by atoms with van der Waals surface area (Å²) in [4.78, 5) is 24.3. The number of carbonyl (C=O) groups is 2. The number of anilines is 2. The van der Waals surface area contributed by atoms with E-state index in [-0.39, 0.29) is 23.9 Å². The molecule has 2 amide bonds. The van der Waals surface area contributed by atoms with Gasteiger partial charge < -0.3 is 16.0 Å². The third-order valence-corrected chi connectivity index (χ3v) is 3.72. The number of hydrogen-bond donors (Lipinski definition) is 3. The van der Waals surface area contributed by atoms with Gasteiger partial charge in [-0.05, 0) is 63.2 Å². The molecular formula is C19H22BrN3O2. The van der Waals surface area contributed by atoms with Crippen molar-refractivity contribution in [2.75, 3.05) is 17.2 Å². The Morgan fingerprint density at radius 2 is 1.68 bits per heavy atom. The normalized spacial score (nSPS) is 10.9. The van der Waals surface area contributed by atoms with E-state index in [1.54, 1.807) is 24.3 Å². The van der Waals surface area contributed by atoms with E-state index in [1.165, 1.54) is 0 Å². The summed E-state index contributed by atoms with van der Waals surface area (Å²) in [6.07, 6.45) is 0. The zero-order chi connectivity index (χ0) is 18.4. The molecule has 2 aromatic carbocycles. The minimum absolute atomic E-state index is 0.139. The van der Waals surface area contributed by atoms with Gasteiger partial charge in [-0.2, -0.15) is 0 Å². The summed E-state index contributed by atoms with van der Waals surface area (Å²) in [6.45, 7) is 5.90. The van der Waals surface area contributed by atoms with Crippen LogP contribution in [0.4, 0.5) is 11.4 Å². The Bertz CT molecular complexity index is 752. The van der Waals surface area contributed by atoms with Crippen LogP contribution in [0.3, 0.4) is 0 Å². The van der Waals surface area contributed by atoms with Crippen LogP contribution in [0.25, 0.3) is 0 Å². The third kappa shape index (κ3) is 6.58. The maximum absolute atomic E-state index is 12.2. The fourth-order valence-electron chi connectivity index (χ4n) is 2.11. The molecule has 0 atom stereocenters. The first kappa shape index (κ1) is 19.0. The lowest BCUT2D eigenvalue weighted by molar-refractivity contribution is -0.114. The molecule has 2 aromatic rings. The molecule has 0 aliphatic heterocycles. The zero-order valence-electron chi connectivity index (χ0n) is 14.5. The van der Waals surface area contributed by atoms with Gasteiger partial charge in [0.2, 0.25) is 5.91 Å². The number of halogens is 1. The van der Waals surface area contributed by atoms with Crippen molar-refractivity contribution in [1.29, 1.82) is 0 Å². The molecule has 0 fully saturated rings. The second-order valence-electron chi connectivity index (χ2n) is 6.69. The molecule has 0 spiro atoms. The maximum atomic E-state index is 12.2. The average molecular weight is 404 g/mol. The molecule has 0 aliphatic carbocycles. The Balaban J connectivity index is 1.93. The highest BCUT2D eigenvalue weighted by Gasteiger charge is 2.15. The van der Waals surface area contributed by atoms with Gasteiger partial charge in [-0.1, -0.05) is 22.0 Å². The number of amides is 2. The maximum Gasteiger partial charge on any atom is 0.251 e. The minimum atomic E-state index is -0.315. The molecular weight excluding hydrogens is 382 g/mol. The van der Waals surface area contributed by atoms with Crippen molar-refractivity contribution in [2.24, 2.45) is 0 Å². The fraction of sp³-hybridized carbons (Fsp3) is 0.263. The molecule has 3 N–H and O–H groups in total. The molecule has 0 bridgehead atoms. The molecule has 0 heterocycles. The van der Waals surface area contributed by atoms with Crippen LogP contribution in [0, 0.1) is 0 Å². The van der Waals surface area contributed by atoms with Gasteiger partial charge in [-0.25, -0.2) is 0 Å². The van der Waals surface area contributed by atoms with Crippen LogP contribution in [0.2, 0.25) is 0 Å². The zero-order valence-corrected chi connectivity index (χ0v) is 16.1. The van der Waals surface area contributed by atoms with Crippen molar-refractivity contribution in [3.63, 3.8) is 0 Å². The molecule has 132 valence electrons. The van der Waals surface area contributed by atoms with E-state index in [9.17, 15) is 9.59 Å². The van der Waals surface area contributed by atoms with Crippen LogP contribution < -0.4 is 16.0 Å². The van der Waals surface area contributed by atoms with Crippen molar-refractivity contribution in [1.82, 2.24) is 5.32 Å². The molecule has 25 heavy (non-hydrogen) atoms. The highest BCUT2D eigenvalue weighted by molar-refractivity contribution is 9.10. The van der Waals surface area contributed by atoms with Gasteiger partial charge in [-0.3, -0.25) is 9.59 Å². The van der Waals surface area contributed by atoms with Crippen LogP contribution in [0.5, 0.6) is 0 Å². The predicted molar refractivity (Wildman–Crippen MR) is 105 cm³/mol. The van der Waals surface area contributed by atoms with Crippen molar-refractivity contribution < 1.29 is 9.59 Å². The van der Waals surface area contributed by atoms with Crippen LogP contribution in [-0.2, 0) is 4.79 Å². The average Bonchev–Trinajstić information content (AvgIpc) is 2.53. The van der Waals surface area contributed by atoms with Crippen molar-refractivity contribution in [3.8, 4) is 0 Å². The summed E-state index contributed by atoms with van der Waals surface area (Å²) in [5, 5.41) is 8.74. The highest BCUT2D eigenvalue weighted by atomic mass is 79.9. The van der Waals surface area contributed by atoms with Gasteiger partial charge >= 0.3 is 0 Å². The molecule has 0 aromatic heterocycles. The van der Waals surface area contributed by atoms with E-state index in [4.69, 9.17) is 0 Å². The number of nitrogens with one attached hydrogen (secondary N) is 3. The highest BCUT2D eigenvalue weighted by Crippen LogP contribution is 2.15. The lowest BCUT2D eigenvalue weighted by Crippen LogP contribution is -2.40. The summed E-state index contributed by atoms with van der Waals surface area (Å²) < 4.78 is 0.979. The SMILES string of the molecule is CC(C)(C)NC(=O)c1cccc(NC(=O)CNc2ccc(Br)cc2)c1. The Labute approximate surface area is 156 Å². The quantitative estimate of drug-likeness (QED) is 0.705. The lowest BCUT2D eigenvalue weighted by Gasteiger charge is -2.20. The standard InChI is InChI=1S/C19H22BrN3O2/c1-19(2,3)23-18(25)13-5-4-6-16(11-13)22-17(24)12-21-15-9-7-14(20)8-10-15/h4-11,21H,12H2,1-3H3,(H,22,24)(H,23,25). The molecule has 0 saturated heterocycles. The van der Waals surface area contributed by atoms with Crippen molar-refractivity contribution in [3.05, 3.63) is 58.6 Å². The van der Waals surface area contributed by atoms with Crippen LogP contribution >= 0.6 is 15.9 Å². The van der Waals surface area contributed by atoms with E-state index in [0.29, 0.717) is 11.3 Å². The largest absolute Gasteiger partial charge is 0.376 e. The summed E-state index contributed by atoms with van der Waals surface area (Å²) >= 11 is 3.37. The summed E-state index contributed by atoms with van der Waals surface area (Å²) in [5.74, 6) is -0.354. The van der Waals surface area contributed by atoms with Crippen LogP contribution in [0.1, 0.15) is 31.1 Å². The Kier molecular flexibility index (Phi) is 6.20. The lowest BCUT2D eigenvalue weighted by atomic mass is 10.1. The molecule has 6 heteroatoms. The molecule has 2 rings (SSSR count). The van der Waals surface area contributed by atoms with Crippen LogP contribution in [0.15, 0.2) is 53.0 Å². The summed E-state index contributed by atoms with van der Waals surface area (Å²) in [6, 6.07) is 14.5. The van der Waals surface area contributed by atoms with Gasteiger partial charge in [0, 0.05) is 26.9 Å². The molecule has 0 aliphatic rings. The van der Waals surface area contributed by atoms with Crippen LogP contribution in [-0.4, -0.2) is 23.9 Å². The first-order valence-electron chi connectivity index (χ1n) is 7.95. The van der Waals surface area contributed by atoms with Gasteiger partial charge in [-0.15, -0.1) is 0 Å². The number of carbonyl (C=O) groups excluding carboxylic acids is 2. The van der Waals surface area contributed by atoms with Crippen molar-refractivity contribution in [2.45, 2.75) is 26.3 Å². The summed E-state index contributed by atoms with van der Waals surface area (Å²) in [7, 11) is 0. The van der Waals surface area contributed by atoms with Crippen molar-refractivity contribution >= 4 is 39.1 Å². The topological polar surface area (TPSA) is 70.2 Å². The van der Waals surface area contributed by atoms with E-state index >= 15 is 0 Å². The Morgan fingerprint density at radius 1 is 1.00 bits per heavy atom. The summed E-state index contributed by atoms with van der Waals surface area (Å²) in [5.41, 5.74) is 1.64. The monoisotopic (exact) mass is 403 g/mol. The first-order valence-corrected chi connectivity index (χ1v) is 8.74. The van der Waals surface area contributed by atoms with Gasteiger partial charge in [0.25, 0.3) is 5.91 Å². The minimum Gasteiger partial charge on any atom is -0.376 e. The Hall–Kier alpha value is -2.34.